The van der Waals surface area contributed by atoms with Crippen LogP contribution in [0.1, 0.15) is 30.9 Å². The summed E-state index contributed by atoms with van der Waals surface area (Å²) in [7, 11) is 4.49. The van der Waals surface area contributed by atoms with Crippen LogP contribution in [0.4, 0.5) is 0 Å². The number of carbonyl (C=O) groups excluding carboxylic acids is 3. The Morgan fingerprint density at radius 1 is 1.03 bits per heavy atom. The van der Waals surface area contributed by atoms with Gasteiger partial charge in [-0.2, -0.15) is 0 Å². The third-order valence-electron chi connectivity index (χ3n) is 7.67. The van der Waals surface area contributed by atoms with E-state index in [9.17, 15) is 14.4 Å². The van der Waals surface area contributed by atoms with Gasteiger partial charge >= 0.3 is 5.97 Å². The van der Waals surface area contributed by atoms with Crippen molar-refractivity contribution >= 4 is 17.8 Å². The number of hydrogen-bond acceptors (Lipinski definition) is 6. The summed E-state index contributed by atoms with van der Waals surface area (Å²) in [6, 6.07) is 15.5. The van der Waals surface area contributed by atoms with E-state index >= 15 is 0 Å². The van der Waals surface area contributed by atoms with Gasteiger partial charge in [-0.25, -0.2) is 0 Å². The molecule has 0 N–H and O–H groups in total. The molecule has 4 atom stereocenters. The smallest absolute Gasteiger partial charge is 0.327 e. The van der Waals surface area contributed by atoms with Gasteiger partial charge in [0.2, 0.25) is 11.8 Å². The van der Waals surface area contributed by atoms with E-state index in [1.165, 1.54) is 19.1 Å². The minimum Gasteiger partial charge on any atom is -0.496 e. The number of hydrogen-bond donors (Lipinski definition) is 0. The largest absolute Gasteiger partial charge is 0.496 e. The second-order valence-electron chi connectivity index (χ2n) is 9.08. The number of fused-ring (bicyclic) bond motifs is 3. The Kier molecular flexibility index (Phi) is 5.24. The second-order valence-corrected chi connectivity index (χ2v) is 9.08. The van der Waals surface area contributed by atoms with Gasteiger partial charge in [-0.15, -0.1) is 0 Å². The van der Waals surface area contributed by atoms with E-state index in [4.69, 9.17) is 9.47 Å². The van der Waals surface area contributed by atoms with E-state index < -0.39 is 29.4 Å². The molecule has 7 nitrogen and oxygen atoms in total. The SMILES string of the molecule is COC(=O)[C@@]12CCCCN1C(c1ccc(-c3ccccc3)c(OC)c1)C1C(=O)N(C)C(=O)C12. The van der Waals surface area contributed by atoms with E-state index in [0.29, 0.717) is 18.7 Å². The van der Waals surface area contributed by atoms with Gasteiger partial charge in [0.1, 0.15) is 11.3 Å². The van der Waals surface area contributed by atoms with E-state index in [0.717, 1.165) is 29.5 Å². The Morgan fingerprint density at radius 3 is 2.48 bits per heavy atom. The zero-order chi connectivity index (χ0) is 23.3. The van der Waals surface area contributed by atoms with Gasteiger partial charge in [0.05, 0.1) is 26.1 Å². The lowest BCUT2D eigenvalue weighted by Crippen LogP contribution is -2.59. The number of ether oxygens (including phenoxy) is 2. The number of esters is 1. The van der Waals surface area contributed by atoms with Crippen molar-refractivity contribution in [1.29, 1.82) is 0 Å². The van der Waals surface area contributed by atoms with Crippen LogP contribution in [0, 0.1) is 11.8 Å². The normalized spacial score (nSPS) is 29.1. The van der Waals surface area contributed by atoms with Gasteiger partial charge in [-0.05, 0) is 43.0 Å². The summed E-state index contributed by atoms with van der Waals surface area (Å²) in [6.07, 6.45) is 2.21. The van der Waals surface area contributed by atoms with Crippen molar-refractivity contribution in [3.8, 4) is 16.9 Å². The molecule has 0 radical (unpaired) electrons. The Bertz CT molecular complexity index is 1120. The van der Waals surface area contributed by atoms with E-state index in [2.05, 4.69) is 4.90 Å². The molecule has 3 fully saturated rings. The van der Waals surface area contributed by atoms with Crippen molar-refractivity contribution < 1.29 is 23.9 Å². The van der Waals surface area contributed by atoms with Crippen LogP contribution in [-0.4, -0.2) is 60.9 Å². The predicted octanol–water partition coefficient (Wildman–Crippen LogP) is 3.05. The summed E-state index contributed by atoms with van der Waals surface area (Å²) in [4.78, 5) is 43.1. The summed E-state index contributed by atoms with van der Waals surface area (Å²) < 4.78 is 11.0. The molecule has 2 amide bonds. The number of rotatable bonds is 4. The van der Waals surface area contributed by atoms with Gasteiger partial charge in [0, 0.05) is 18.7 Å². The summed E-state index contributed by atoms with van der Waals surface area (Å²) in [6.45, 7) is 0.625. The maximum absolute atomic E-state index is 13.3. The van der Waals surface area contributed by atoms with E-state index in [1.54, 1.807) is 7.11 Å². The molecule has 3 saturated heterocycles. The lowest BCUT2D eigenvalue weighted by atomic mass is 9.75. The highest BCUT2D eigenvalue weighted by molar-refractivity contribution is 6.09. The van der Waals surface area contributed by atoms with E-state index in [-0.39, 0.29) is 11.8 Å². The summed E-state index contributed by atoms with van der Waals surface area (Å²) >= 11 is 0. The first kappa shape index (κ1) is 21.6. The zero-order valence-corrected chi connectivity index (χ0v) is 19.1. The number of benzene rings is 2. The monoisotopic (exact) mass is 448 g/mol. The van der Waals surface area contributed by atoms with Gasteiger partial charge in [-0.3, -0.25) is 24.2 Å². The van der Waals surface area contributed by atoms with Gasteiger partial charge in [0.25, 0.3) is 0 Å². The second kappa shape index (κ2) is 7.99. The van der Waals surface area contributed by atoms with Crippen LogP contribution in [0.15, 0.2) is 48.5 Å². The molecule has 3 aliphatic heterocycles. The fraction of sp³-hybridized carbons (Fsp3) is 0.423. The number of nitrogens with zero attached hydrogens (tertiary/aromatic N) is 2. The maximum Gasteiger partial charge on any atom is 0.327 e. The minimum absolute atomic E-state index is 0.237. The standard InChI is InChI=1S/C26H28N2O5/c1-27-23(29)20-21(24(27)30)26(25(31)33-3)13-7-8-14-28(26)22(20)17-11-12-18(19(15-17)32-2)16-9-5-4-6-10-16/h4-6,9-12,15,20-22H,7-8,13-14H2,1-3H3/t20?,21?,22?,26-/m0/s1. The fourth-order valence-electron chi connectivity index (χ4n) is 6.25. The van der Waals surface area contributed by atoms with E-state index in [1.807, 2.05) is 48.5 Å². The highest BCUT2D eigenvalue weighted by Gasteiger charge is 2.72. The highest BCUT2D eigenvalue weighted by Crippen LogP contribution is 2.58. The first-order chi connectivity index (χ1) is 16.0. The van der Waals surface area contributed by atoms with Crippen LogP contribution < -0.4 is 4.74 Å². The molecular formula is C26H28N2O5. The van der Waals surface area contributed by atoms with Crippen LogP contribution in [0.3, 0.4) is 0 Å². The molecule has 33 heavy (non-hydrogen) atoms. The molecule has 172 valence electrons. The fourth-order valence-corrected chi connectivity index (χ4v) is 6.25. The average molecular weight is 449 g/mol. The summed E-state index contributed by atoms with van der Waals surface area (Å²) in [5.41, 5.74) is 1.72. The first-order valence-corrected chi connectivity index (χ1v) is 11.4. The molecule has 2 aromatic carbocycles. The summed E-state index contributed by atoms with van der Waals surface area (Å²) in [5, 5.41) is 0. The number of amides is 2. The van der Waals surface area contributed by atoms with Crippen molar-refractivity contribution in [1.82, 2.24) is 9.80 Å². The van der Waals surface area contributed by atoms with Gasteiger partial charge in [0.15, 0.2) is 0 Å². The predicted molar refractivity (Wildman–Crippen MR) is 121 cm³/mol. The number of carbonyl (C=O) groups is 3. The molecule has 7 heteroatoms. The van der Waals surface area contributed by atoms with Crippen LogP contribution in [0.2, 0.25) is 0 Å². The molecule has 0 spiro atoms. The molecule has 3 heterocycles. The van der Waals surface area contributed by atoms with Crippen molar-refractivity contribution in [2.75, 3.05) is 27.8 Å². The molecule has 5 rings (SSSR count). The summed E-state index contributed by atoms with van der Waals surface area (Å²) in [5.74, 6) is -1.65. The average Bonchev–Trinajstić information content (AvgIpc) is 3.29. The number of likely N-dealkylation sites (tertiary alicyclic amines) is 1. The lowest BCUT2D eigenvalue weighted by molar-refractivity contribution is -0.163. The van der Waals surface area contributed by atoms with Crippen molar-refractivity contribution in [3.63, 3.8) is 0 Å². The highest BCUT2D eigenvalue weighted by atomic mass is 16.5. The van der Waals surface area contributed by atoms with Crippen LogP contribution in [0.5, 0.6) is 5.75 Å². The van der Waals surface area contributed by atoms with Crippen molar-refractivity contribution in [2.45, 2.75) is 30.8 Å². The van der Waals surface area contributed by atoms with Crippen molar-refractivity contribution in [2.24, 2.45) is 11.8 Å². The van der Waals surface area contributed by atoms with Crippen LogP contribution in [-0.2, 0) is 19.1 Å². The number of piperidine rings is 1. The molecule has 0 bridgehead atoms. The van der Waals surface area contributed by atoms with Gasteiger partial charge < -0.3 is 9.47 Å². The quantitative estimate of drug-likeness (QED) is 0.529. The molecule has 0 aliphatic carbocycles. The lowest BCUT2D eigenvalue weighted by Gasteiger charge is -2.44. The first-order valence-electron chi connectivity index (χ1n) is 11.4. The maximum atomic E-state index is 13.3. The molecule has 3 unspecified atom stereocenters. The molecule has 0 saturated carbocycles. The third kappa shape index (κ3) is 2.95. The Hall–Kier alpha value is -3.19. The zero-order valence-electron chi connectivity index (χ0n) is 19.1. The van der Waals surface area contributed by atoms with Crippen LogP contribution >= 0.6 is 0 Å². The number of methoxy groups -OCH3 is 2. The Morgan fingerprint density at radius 2 is 1.79 bits per heavy atom. The molecular weight excluding hydrogens is 420 g/mol. The molecule has 0 aromatic heterocycles. The van der Waals surface area contributed by atoms with Crippen LogP contribution in [0.25, 0.3) is 11.1 Å². The Balaban J connectivity index is 1.67. The van der Waals surface area contributed by atoms with Gasteiger partial charge in [-0.1, -0.05) is 42.5 Å². The Labute approximate surface area is 193 Å². The topological polar surface area (TPSA) is 76.2 Å². The van der Waals surface area contributed by atoms with Crippen molar-refractivity contribution in [3.05, 3.63) is 54.1 Å². The molecule has 3 aliphatic rings. The molecule has 2 aromatic rings. The third-order valence-corrected chi connectivity index (χ3v) is 7.67. The minimum atomic E-state index is -1.12. The number of imide groups is 1.